The molecule has 0 saturated carbocycles. The van der Waals surface area contributed by atoms with Crippen molar-refractivity contribution in [2.24, 2.45) is 0 Å². The van der Waals surface area contributed by atoms with Crippen LogP contribution in [-0.4, -0.2) is 16.4 Å². The van der Waals surface area contributed by atoms with Crippen molar-refractivity contribution in [3.63, 3.8) is 0 Å². The molecule has 0 saturated heterocycles. The molecule has 2 rings (SSSR count). The molecule has 0 spiro atoms. The van der Waals surface area contributed by atoms with Crippen molar-refractivity contribution in [1.29, 1.82) is 0 Å². The van der Waals surface area contributed by atoms with Gasteiger partial charge < -0.3 is 4.74 Å². The van der Waals surface area contributed by atoms with E-state index in [0.29, 0.717) is 18.0 Å². The van der Waals surface area contributed by atoms with Crippen LogP contribution >= 0.6 is 11.6 Å². The summed E-state index contributed by atoms with van der Waals surface area (Å²) >= 11 is 5.92. The highest BCUT2D eigenvalue weighted by Gasteiger charge is 2.13. The maximum atomic E-state index is 13.9. The van der Waals surface area contributed by atoms with Crippen LogP contribution in [-0.2, 0) is 0 Å². The van der Waals surface area contributed by atoms with E-state index in [1.54, 1.807) is 10.7 Å². The smallest absolute Gasteiger partial charge is 0.150 e. The van der Waals surface area contributed by atoms with Crippen LogP contribution in [0.15, 0.2) is 18.2 Å². The second-order valence-electron chi connectivity index (χ2n) is 4.01. The first-order valence-electron chi connectivity index (χ1n) is 5.68. The second kappa shape index (κ2) is 4.98. The van der Waals surface area contributed by atoms with Crippen LogP contribution in [0.4, 0.5) is 4.39 Å². The van der Waals surface area contributed by atoms with Gasteiger partial charge in [-0.3, -0.25) is 0 Å². The van der Waals surface area contributed by atoms with Crippen molar-refractivity contribution >= 4 is 11.6 Å². The van der Waals surface area contributed by atoms with Gasteiger partial charge >= 0.3 is 0 Å². The Labute approximate surface area is 110 Å². The Morgan fingerprint density at radius 2 is 2.06 bits per heavy atom. The number of halogens is 2. The number of aromatic nitrogens is 2. The van der Waals surface area contributed by atoms with Crippen molar-refractivity contribution < 1.29 is 9.13 Å². The number of nitrogens with zero attached hydrogens (tertiary/aromatic N) is 2. The minimum absolute atomic E-state index is 0.264. The molecular formula is C13H14ClFN2O. The Morgan fingerprint density at radius 1 is 1.33 bits per heavy atom. The van der Waals surface area contributed by atoms with E-state index in [-0.39, 0.29) is 5.02 Å². The summed E-state index contributed by atoms with van der Waals surface area (Å²) in [5, 5.41) is 4.51. The van der Waals surface area contributed by atoms with Gasteiger partial charge in [-0.15, -0.1) is 0 Å². The highest BCUT2D eigenvalue weighted by molar-refractivity contribution is 6.32. The van der Waals surface area contributed by atoms with E-state index in [9.17, 15) is 4.39 Å². The van der Waals surface area contributed by atoms with Crippen LogP contribution in [0.5, 0.6) is 5.75 Å². The number of aryl methyl sites for hydroxylation is 2. The minimum atomic E-state index is -0.422. The third-order valence-electron chi connectivity index (χ3n) is 2.54. The zero-order valence-electron chi connectivity index (χ0n) is 10.5. The number of benzene rings is 1. The zero-order valence-corrected chi connectivity index (χ0v) is 11.3. The maximum absolute atomic E-state index is 13.9. The molecular weight excluding hydrogens is 255 g/mol. The normalized spacial score (nSPS) is 10.7. The lowest BCUT2D eigenvalue weighted by Crippen LogP contribution is -2.04. The lowest BCUT2D eigenvalue weighted by atomic mass is 10.2. The van der Waals surface area contributed by atoms with Crippen LogP contribution in [0, 0.1) is 19.7 Å². The lowest BCUT2D eigenvalue weighted by Gasteiger charge is -2.11. The molecule has 96 valence electrons. The van der Waals surface area contributed by atoms with E-state index in [1.165, 1.54) is 6.07 Å². The Bertz CT molecular complexity index is 581. The van der Waals surface area contributed by atoms with Gasteiger partial charge in [0.15, 0.2) is 5.82 Å². The molecule has 18 heavy (non-hydrogen) atoms. The van der Waals surface area contributed by atoms with E-state index in [2.05, 4.69) is 5.10 Å². The number of hydrogen-bond acceptors (Lipinski definition) is 2. The average molecular weight is 269 g/mol. The molecule has 0 aliphatic rings. The molecule has 1 heterocycles. The standard InChI is InChI=1S/C13H14ClFN2O/c1-4-18-13-7-12(11(15)6-10(13)14)17-9(3)5-8(2)16-17/h5-7H,4H2,1-3H3. The van der Waals surface area contributed by atoms with E-state index in [1.807, 2.05) is 26.8 Å². The molecule has 0 fully saturated rings. The van der Waals surface area contributed by atoms with Crippen molar-refractivity contribution in [2.45, 2.75) is 20.8 Å². The van der Waals surface area contributed by atoms with Crippen LogP contribution in [0.2, 0.25) is 5.02 Å². The topological polar surface area (TPSA) is 27.1 Å². The molecule has 1 aromatic carbocycles. The fourth-order valence-corrected chi connectivity index (χ4v) is 2.02. The number of ether oxygens (including phenoxy) is 1. The molecule has 0 aliphatic heterocycles. The molecule has 0 amide bonds. The maximum Gasteiger partial charge on any atom is 0.150 e. The monoisotopic (exact) mass is 268 g/mol. The van der Waals surface area contributed by atoms with Gasteiger partial charge in [-0.1, -0.05) is 11.6 Å². The summed E-state index contributed by atoms with van der Waals surface area (Å²) in [6.07, 6.45) is 0. The van der Waals surface area contributed by atoms with Gasteiger partial charge in [-0.2, -0.15) is 5.10 Å². The third kappa shape index (κ3) is 2.34. The quantitative estimate of drug-likeness (QED) is 0.849. The van der Waals surface area contributed by atoms with Crippen molar-refractivity contribution in [3.05, 3.63) is 40.4 Å². The predicted octanol–water partition coefficient (Wildman–Crippen LogP) is 3.68. The van der Waals surface area contributed by atoms with E-state index in [0.717, 1.165) is 11.4 Å². The summed E-state index contributed by atoms with van der Waals surface area (Å²) in [5.41, 5.74) is 2.03. The summed E-state index contributed by atoms with van der Waals surface area (Å²) in [6, 6.07) is 4.70. The first-order valence-corrected chi connectivity index (χ1v) is 6.06. The highest BCUT2D eigenvalue weighted by atomic mass is 35.5. The highest BCUT2D eigenvalue weighted by Crippen LogP contribution is 2.30. The van der Waals surface area contributed by atoms with E-state index in [4.69, 9.17) is 16.3 Å². The Hall–Kier alpha value is -1.55. The fraction of sp³-hybridized carbons (Fsp3) is 0.308. The SMILES string of the molecule is CCOc1cc(-n2nc(C)cc2C)c(F)cc1Cl. The molecule has 0 N–H and O–H groups in total. The Kier molecular flexibility index (Phi) is 3.57. The van der Waals surface area contributed by atoms with Crippen LogP contribution in [0.25, 0.3) is 5.69 Å². The molecule has 3 nitrogen and oxygen atoms in total. The van der Waals surface area contributed by atoms with E-state index < -0.39 is 5.82 Å². The van der Waals surface area contributed by atoms with Gasteiger partial charge in [0, 0.05) is 11.8 Å². The number of rotatable bonds is 3. The summed E-state index contributed by atoms with van der Waals surface area (Å²) < 4.78 is 20.9. The van der Waals surface area contributed by atoms with Crippen LogP contribution < -0.4 is 4.74 Å². The Morgan fingerprint density at radius 3 is 2.61 bits per heavy atom. The van der Waals surface area contributed by atoms with Gasteiger partial charge in [0.2, 0.25) is 0 Å². The molecule has 5 heteroatoms. The van der Waals surface area contributed by atoms with Crippen LogP contribution in [0.3, 0.4) is 0 Å². The van der Waals surface area contributed by atoms with Gasteiger partial charge in [-0.25, -0.2) is 9.07 Å². The molecule has 0 aliphatic carbocycles. The summed E-state index contributed by atoms with van der Waals surface area (Å²) in [5.74, 6) is 0.0396. The number of hydrogen-bond donors (Lipinski definition) is 0. The lowest BCUT2D eigenvalue weighted by molar-refractivity contribution is 0.339. The van der Waals surface area contributed by atoms with Crippen molar-refractivity contribution in [3.8, 4) is 11.4 Å². The summed E-state index contributed by atoms with van der Waals surface area (Å²) in [6.45, 7) is 6.06. The molecule has 0 radical (unpaired) electrons. The Balaban J connectivity index is 2.56. The molecule has 1 aromatic heterocycles. The largest absolute Gasteiger partial charge is 0.492 e. The van der Waals surface area contributed by atoms with Crippen LogP contribution in [0.1, 0.15) is 18.3 Å². The molecule has 0 atom stereocenters. The second-order valence-corrected chi connectivity index (χ2v) is 4.41. The predicted molar refractivity (Wildman–Crippen MR) is 69.2 cm³/mol. The molecule has 0 bridgehead atoms. The fourth-order valence-electron chi connectivity index (χ4n) is 1.82. The van der Waals surface area contributed by atoms with Gasteiger partial charge in [0.05, 0.1) is 17.3 Å². The van der Waals surface area contributed by atoms with Crippen molar-refractivity contribution in [1.82, 2.24) is 9.78 Å². The third-order valence-corrected chi connectivity index (χ3v) is 2.83. The summed E-state index contributed by atoms with van der Waals surface area (Å²) in [4.78, 5) is 0. The van der Waals surface area contributed by atoms with Gasteiger partial charge in [-0.05, 0) is 32.9 Å². The first kappa shape index (κ1) is 12.9. The van der Waals surface area contributed by atoms with Crippen molar-refractivity contribution in [2.75, 3.05) is 6.61 Å². The summed E-state index contributed by atoms with van der Waals surface area (Å²) in [7, 11) is 0. The van der Waals surface area contributed by atoms with E-state index >= 15 is 0 Å². The van der Waals surface area contributed by atoms with Gasteiger partial charge in [0.1, 0.15) is 11.4 Å². The van der Waals surface area contributed by atoms with Gasteiger partial charge in [0.25, 0.3) is 0 Å². The molecule has 2 aromatic rings. The minimum Gasteiger partial charge on any atom is -0.492 e. The zero-order chi connectivity index (χ0) is 13.3. The average Bonchev–Trinajstić information content (AvgIpc) is 2.62. The first-order chi connectivity index (χ1) is 8.52. The molecule has 0 unspecified atom stereocenters.